The third-order valence-corrected chi connectivity index (χ3v) is 8.27. The lowest BCUT2D eigenvalue weighted by Gasteiger charge is -2.34. The van der Waals surface area contributed by atoms with Crippen molar-refractivity contribution in [3.05, 3.63) is 95.3 Å². The summed E-state index contributed by atoms with van der Waals surface area (Å²) < 4.78 is 43.7. The summed E-state index contributed by atoms with van der Waals surface area (Å²) in [5.74, 6) is -1.59. The fraction of sp³-hybridized carbons (Fsp3) is 0.355. The van der Waals surface area contributed by atoms with Crippen LogP contribution in [0.15, 0.2) is 77.7 Å². The molecule has 0 unspecified atom stereocenters. The first-order chi connectivity index (χ1) is 18.7. The number of amides is 2. The maximum absolute atomic E-state index is 14.7. The van der Waals surface area contributed by atoms with Crippen LogP contribution in [0.1, 0.15) is 51.3 Å². The molecule has 3 rings (SSSR count). The standard InChI is InChI=1S/C31H38FN3O4S/c1-7-24-12-9-11-15-28(24)35(40(38,39)26-18-16-22(2)17-19-26)21-29(36)34(20-25-13-8-10-14-27(25)32)23(3)30(37)33-31(4,5)6/h8-19,23H,7,20-21H2,1-6H3,(H,33,37)/t23-/m0/s1. The van der Waals surface area contributed by atoms with E-state index in [9.17, 15) is 22.4 Å². The molecule has 0 fully saturated rings. The van der Waals surface area contributed by atoms with Crippen molar-refractivity contribution in [2.24, 2.45) is 0 Å². The minimum atomic E-state index is -4.18. The Labute approximate surface area is 237 Å². The zero-order valence-electron chi connectivity index (χ0n) is 23.9. The quantitative estimate of drug-likeness (QED) is 0.364. The van der Waals surface area contributed by atoms with E-state index in [0.717, 1.165) is 15.4 Å². The molecule has 0 heterocycles. The molecule has 0 saturated heterocycles. The highest BCUT2D eigenvalue weighted by atomic mass is 32.2. The van der Waals surface area contributed by atoms with Crippen LogP contribution >= 0.6 is 0 Å². The molecule has 0 aliphatic carbocycles. The van der Waals surface area contributed by atoms with Crippen molar-refractivity contribution in [1.29, 1.82) is 0 Å². The number of rotatable bonds is 10. The highest BCUT2D eigenvalue weighted by Gasteiger charge is 2.34. The second-order valence-corrected chi connectivity index (χ2v) is 12.7. The number of hydrogen-bond acceptors (Lipinski definition) is 4. The molecular weight excluding hydrogens is 529 g/mol. The first-order valence-corrected chi connectivity index (χ1v) is 14.7. The molecule has 7 nitrogen and oxygen atoms in total. The van der Waals surface area contributed by atoms with Gasteiger partial charge in [0.25, 0.3) is 10.0 Å². The number of carbonyl (C=O) groups is 2. The van der Waals surface area contributed by atoms with Gasteiger partial charge in [-0.2, -0.15) is 0 Å². The van der Waals surface area contributed by atoms with Crippen molar-refractivity contribution < 1.29 is 22.4 Å². The van der Waals surface area contributed by atoms with E-state index in [0.29, 0.717) is 12.1 Å². The Bertz CT molecular complexity index is 1450. The van der Waals surface area contributed by atoms with Crippen LogP contribution in [0.3, 0.4) is 0 Å². The predicted molar refractivity (Wildman–Crippen MR) is 156 cm³/mol. The van der Waals surface area contributed by atoms with Gasteiger partial charge in [-0.05, 0) is 70.9 Å². The molecule has 9 heteroatoms. The molecule has 2 amide bonds. The van der Waals surface area contributed by atoms with Gasteiger partial charge in [-0.15, -0.1) is 0 Å². The molecule has 0 radical (unpaired) electrons. The molecule has 0 bridgehead atoms. The first kappa shape index (κ1) is 30.8. The molecule has 0 aliphatic heterocycles. The Morgan fingerprint density at radius 3 is 2.08 bits per heavy atom. The summed E-state index contributed by atoms with van der Waals surface area (Å²) >= 11 is 0. The maximum Gasteiger partial charge on any atom is 0.264 e. The molecule has 0 spiro atoms. The number of hydrogen-bond donors (Lipinski definition) is 1. The maximum atomic E-state index is 14.7. The normalized spacial score (nSPS) is 12.5. The van der Waals surface area contributed by atoms with E-state index in [1.807, 2.05) is 46.8 Å². The lowest BCUT2D eigenvalue weighted by molar-refractivity contribution is -0.140. The van der Waals surface area contributed by atoms with Gasteiger partial charge >= 0.3 is 0 Å². The van der Waals surface area contributed by atoms with Gasteiger partial charge in [0.2, 0.25) is 11.8 Å². The number of halogens is 1. The van der Waals surface area contributed by atoms with Crippen molar-refractivity contribution in [3.63, 3.8) is 0 Å². The Morgan fingerprint density at radius 2 is 1.50 bits per heavy atom. The molecule has 1 N–H and O–H groups in total. The number of para-hydroxylation sites is 1. The van der Waals surface area contributed by atoms with Crippen LogP contribution in [-0.2, 0) is 32.6 Å². The molecule has 1 atom stereocenters. The third kappa shape index (κ3) is 7.47. The van der Waals surface area contributed by atoms with E-state index in [1.165, 1.54) is 35.2 Å². The van der Waals surface area contributed by atoms with E-state index < -0.39 is 45.8 Å². The number of nitrogens with zero attached hydrogens (tertiary/aromatic N) is 2. The number of benzene rings is 3. The van der Waals surface area contributed by atoms with Gasteiger partial charge in [0.1, 0.15) is 18.4 Å². The second-order valence-electron chi connectivity index (χ2n) is 10.8. The van der Waals surface area contributed by atoms with Gasteiger partial charge in [-0.3, -0.25) is 13.9 Å². The monoisotopic (exact) mass is 567 g/mol. The van der Waals surface area contributed by atoms with E-state index in [2.05, 4.69) is 5.32 Å². The number of nitrogens with one attached hydrogen (secondary N) is 1. The Balaban J connectivity index is 2.09. The van der Waals surface area contributed by atoms with E-state index in [1.54, 1.807) is 37.3 Å². The highest BCUT2D eigenvalue weighted by Crippen LogP contribution is 2.28. The lowest BCUT2D eigenvalue weighted by atomic mass is 10.1. The molecule has 40 heavy (non-hydrogen) atoms. The van der Waals surface area contributed by atoms with Crippen molar-refractivity contribution in [2.45, 2.75) is 71.0 Å². The summed E-state index contributed by atoms with van der Waals surface area (Å²) in [6.07, 6.45) is 0.535. The molecule has 3 aromatic carbocycles. The minimum Gasteiger partial charge on any atom is -0.350 e. The third-order valence-electron chi connectivity index (χ3n) is 6.49. The van der Waals surface area contributed by atoms with Crippen molar-refractivity contribution in [1.82, 2.24) is 10.2 Å². The van der Waals surface area contributed by atoms with Crippen LogP contribution in [0, 0.1) is 12.7 Å². The summed E-state index contributed by atoms with van der Waals surface area (Å²) in [5, 5.41) is 2.86. The zero-order chi connectivity index (χ0) is 29.7. The molecule has 214 valence electrons. The lowest BCUT2D eigenvalue weighted by Crippen LogP contribution is -2.54. The predicted octanol–water partition coefficient (Wildman–Crippen LogP) is 5.22. The smallest absolute Gasteiger partial charge is 0.264 e. The Hall–Kier alpha value is -3.72. The summed E-state index contributed by atoms with van der Waals surface area (Å²) in [6, 6.07) is 18.4. The van der Waals surface area contributed by atoms with Crippen LogP contribution in [0.5, 0.6) is 0 Å². The number of sulfonamides is 1. The zero-order valence-corrected chi connectivity index (χ0v) is 24.8. The first-order valence-electron chi connectivity index (χ1n) is 13.3. The van der Waals surface area contributed by atoms with E-state index in [-0.39, 0.29) is 17.0 Å². The Kier molecular flexibility index (Phi) is 9.73. The molecular formula is C31H38FN3O4S. The fourth-order valence-electron chi connectivity index (χ4n) is 4.27. The van der Waals surface area contributed by atoms with Gasteiger partial charge in [0, 0.05) is 17.6 Å². The number of carbonyl (C=O) groups excluding carboxylic acids is 2. The molecule has 0 saturated carbocycles. The van der Waals surface area contributed by atoms with Crippen LogP contribution in [0.25, 0.3) is 0 Å². The second kappa shape index (κ2) is 12.6. The summed E-state index contributed by atoms with van der Waals surface area (Å²) in [4.78, 5) is 28.4. The van der Waals surface area contributed by atoms with Gasteiger partial charge in [-0.25, -0.2) is 12.8 Å². The number of anilines is 1. The topological polar surface area (TPSA) is 86.8 Å². The molecule has 0 aromatic heterocycles. The van der Waals surface area contributed by atoms with E-state index in [4.69, 9.17) is 0 Å². The van der Waals surface area contributed by atoms with Gasteiger partial charge in [0.15, 0.2) is 0 Å². The number of aryl methyl sites for hydroxylation is 2. The van der Waals surface area contributed by atoms with Crippen molar-refractivity contribution in [3.8, 4) is 0 Å². The Morgan fingerprint density at radius 1 is 0.925 bits per heavy atom. The van der Waals surface area contributed by atoms with Crippen LogP contribution in [0.4, 0.5) is 10.1 Å². The largest absolute Gasteiger partial charge is 0.350 e. The molecule has 0 aliphatic rings. The van der Waals surface area contributed by atoms with Crippen LogP contribution < -0.4 is 9.62 Å². The average Bonchev–Trinajstić information content (AvgIpc) is 2.90. The van der Waals surface area contributed by atoms with Crippen molar-refractivity contribution >= 4 is 27.5 Å². The van der Waals surface area contributed by atoms with E-state index >= 15 is 0 Å². The summed E-state index contributed by atoms with van der Waals surface area (Å²) in [6.45, 7) is 9.98. The van der Waals surface area contributed by atoms with Crippen LogP contribution in [-0.4, -0.2) is 43.3 Å². The highest BCUT2D eigenvalue weighted by molar-refractivity contribution is 7.92. The van der Waals surface area contributed by atoms with Gasteiger partial charge < -0.3 is 10.2 Å². The summed E-state index contributed by atoms with van der Waals surface area (Å²) in [5.41, 5.74) is 1.65. The van der Waals surface area contributed by atoms with Crippen LogP contribution in [0.2, 0.25) is 0 Å². The summed E-state index contributed by atoms with van der Waals surface area (Å²) in [7, 11) is -4.18. The van der Waals surface area contributed by atoms with Gasteiger partial charge in [-0.1, -0.05) is 61.0 Å². The molecule has 3 aromatic rings. The van der Waals surface area contributed by atoms with Gasteiger partial charge in [0.05, 0.1) is 10.6 Å². The average molecular weight is 568 g/mol. The minimum absolute atomic E-state index is 0.0379. The van der Waals surface area contributed by atoms with Crippen molar-refractivity contribution in [2.75, 3.05) is 10.8 Å². The SMILES string of the molecule is CCc1ccccc1N(CC(=O)N(Cc1ccccc1F)[C@@H](C)C(=O)NC(C)(C)C)S(=O)(=O)c1ccc(C)cc1. The fourth-order valence-corrected chi connectivity index (χ4v) is 5.72.